The SMILES string of the molecule is Cc1oc(-n2cccc2)c(C#N)c1C(=O)N1CCO[C@H](C)C1. The van der Waals surface area contributed by atoms with E-state index in [-0.39, 0.29) is 17.6 Å². The van der Waals surface area contributed by atoms with Crippen molar-refractivity contribution in [3.05, 3.63) is 41.4 Å². The molecule has 0 aliphatic carbocycles. The van der Waals surface area contributed by atoms with Gasteiger partial charge in [0.2, 0.25) is 5.88 Å². The third kappa shape index (κ3) is 2.40. The molecule has 0 N–H and O–H groups in total. The number of furan rings is 1. The quantitative estimate of drug-likeness (QED) is 0.851. The van der Waals surface area contributed by atoms with Crippen LogP contribution in [0.4, 0.5) is 0 Å². The summed E-state index contributed by atoms with van der Waals surface area (Å²) in [5.74, 6) is 0.672. The highest BCUT2D eigenvalue weighted by atomic mass is 16.5. The van der Waals surface area contributed by atoms with Gasteiger partial charge in [0.25, 0.3) is 5.91 Å². The van der Waals surface area contributed by atoms with Crippen molar-refractivity contribution in [3.63, 3.8) is 0 Å². The van der Waals surface area contributed by atoms with Crippen LogP contribution in [0.2, 0.25) is 0 Å². The Bertz CT molecular complexity index is 725. The van der Waals surface area contributed by atoms with E-state index in [1.54, 1.807) is 28.8 Å². The molecule has 6 nitrogen and oxygen atoms in total. The molecule has 1 aliphatic heterocycles. The standard InChI is InChI=1S/C16H17N3O3/c1-11-10-19(7-8-21-11)15(20)14-12(2)22-16(13(14)9-17)18-5-3-4-6-18/h3-6,11H,7-8,10H2,1-2H3/t11-/m1/s1. The van der Waals surface area contributed by atoms with Gasteiger partial charge in [-0.3, -0.25) is 9.36 Å². The van der Waals surface area contributed by atoms with E-state index < -0.39 is 0 Å². The average Bonchev–Trinajstić information content (AvgIpc) is 3.13. The number of amides is 1. The van der Waals surface area contributed by atoms with Gasteiger partial charge in [-0.15, -0.1) is 0 Å². The Labute approximate surface area is 128 Å². The summed E-state index contributed by atoms with van der Waals surface area (Å²) < 4.78 is 12.8. The Morgan fingerprint density at radius 2 is 2.14 bits per heavy atom. The molecule has 6 heteroatoms. The van der Waals surface area contributed by atoms with Crippen molar-refractivity contribution in [2.24, 2.45) is 0 Å². The topological polar surface area (TPSA) is 71.4 Å². The molecule has 1 fully saturated rings. The number of nitriles is 1. The predicted molar refractivity (Wildman–Crippen MR) is 78.8 cm³/mol. The Balaban J connectivity index is 2.00. The Hall–Kier alpha value is -2.52. The van der Waals surface area contributed by atoms with Crippen molar-refractivity contribution in [2.75, 3.05) is 19.7 Å². The molecule has 1 saturated heterocycles. The molecule has 0 radical (unpaired) electrons. The van der Waals surface area contributed by atoms with E-state index in [2.05, 4.69) is 6.07 Å². The summed E-state index contributed by atoms with van der Waals surface area (Å²) >= 11 is 0. The van der Waals surface area contributed by atoms with Gasteiger partial charge in [-0.25, -0.2) is 0 Å². The minimum absolute atomic E-state index is 0.000591. The fourth-order valence-electron chi connectivity index (χ4n) is 2.70. The normalized spacial score (nSPS) is 18.2. The van der Waals surface area contributed by atoms with E-state index in [1.165, 1.54) is 0 Å². The minimum atomic E-state index is -0.175. The van der Waals surface area contributed by atoms with Crippen LogP contribution in [-0.2, 0) is 4.74 Å². The van der Waals surface area contributed by atoms with Gasteiger partial charge in [0.05, 0.1) is 12.7 Å². The van der Waals surface area contributed by atoms with Crippen LogP contribution in [0, 0.1) is 18.3 Å². The van der Waals surface area contributed by atoms with Crippen molar-refractivity contribution in [3.8, 4) is 12.0 Å². The lowest BCUT2D eigenvalue weighted by atomic mass is 10.1. The first kappa shape index (κ1) is 14.4. The third-order valence-electron chi connectivity index (χ3n) is 3.76. The third-order valence-corrected chi connectivity index (χ3v) is 3.76. The molecule has 2 aromatic heterocycles. The van der Waals surface area contributed by atoms with Gasteiger partial charge in [0.15, 0.2) is 0 Å². The smallest absolute Gasteiger partial charge is 0.259 e. The lowest BCUT2D eigenvalue weighted by molar-refractivity contribution is -0.0124. The van der Waals surface area contributed by atoms with Crippen LogP contribution >= 0.6 is 0 Å². The maximum absolute atomic E-state index is 12.8. The number of aromatic nitrogens is 1. The molecule has 1 amide bonds. The highest BCUT2D eigenvalue weighted by molar-refractivity contribution is 5.98. The first-order valence-corrected chi connectivity index (χ1v) is 7.19. The zero-order chi connectivity index (χ0) is 15.7. The molecule has 0 unspecified atom stereocenters. The van der Waals surface area contributed by atoms with Crippen molar-refractivity contribution in [1.82, 2.24) is 9.47 Å². The number of morpholine rings is 1. The van der Waals surface area contributed by atoms with E-state index in [0.29, 0.717) is 36.9 Å². The van der Waals surface area contributed by atoms with Crippen molar-refractivity contribution >= 4 is 5.91 Å². The zero-order valence-corrected chi connectivity index (χ0v) is 12.6. The second kappa shape index (κ2) is 5.70. The zero-order valence-electron chi connectivity index (χ0n) is 12.6. The Morgan fingerprint density at radius 3 is 2.77 bits per heavy atom. The number of carbonyl (C=O) groups is 1. The number of rotatable bonds is 2. The fraction of sp³-hybridized carbons (Fsp3) is 0.375. The van der Waals surface area contributed by atoms with Crippen LogP contribution in [0.3, 0.4) is 0 Å². The molecule has 22 heavy (non-hydrogen) atoms. The molecule has 0 aromatic carbocycles. The Morgan fingerprint density at radius 1 is 1.41 bits per heavy atom. The van der Waals surface area contributed by atoms with Crippen LogP contribution in [0.5, 0.6) is 0 Å². The number of aryl methyl sites for hydroxylation is 1. The van der Waals surface area contributed by atoms with Crippen LogP contribution < -0.4 is 0 Å². The maximum Gasteiger partial charge on any atom is 0.259 e. The number of ether oxygens (including phenoxy) is 1. The molecule has 0 saturated carbocycles. The average molecular weight is 299 g/mol. The summed E-state index contributed by atoms with van der Waals surface area (Å²) in [7, 11) is 0. The highest BCUT2D eigenvalue weighted by Gasteiger charge is 2.30. The van der Waals surface area contributed by atoms with Gasteiger partial charge in [-0.2, -0.15) is 5.26 Å². The molecular formula is C16H17N3O3. The van der Waals surface area contributed by atoms with Gasteiger partial charge in [-0.1, -0.05) is 0 Å². The molecule has 3 heterocycles. The maximum atomic E-state index is 12.8. The van der Waals surface area contributed by atoms with Gasteiger partial charge in [0, 0.05) is 25.5 Å². The summed E-state index contributed by atoms with van der Waals surface area (Å²) in [5, 5.41) is 9.49. The molecule has 114 valence electrons. The summed E-state index contributed by atoms with van der Waals surface area (Å²) in [6.45, 7) is 5.20. The van der Waals surface area contributed by atoms with Gasteiger partial charge < -0.3 is 14.1 Å². The van der Waals surface area contributed by atoms with Crippen molar-refractivity contribution < 1.29 is 13.9 Å². The minimum Gasteiger partial charge on any atom is -0.443 e. The molecular weight excluding hydrogens is 282 g/mol. The molecule has 0 spiro atoms. The molecule has 1 atom stereocenters. The fourth-order valence-corrected chi connectivity index (χ4v) is 2.70. The summed E-state index contributed by atoms with van der Waals surface area (Å²) in [6, 6.07) is 5.79. The monoisotopic (exact) mass is 299 g/mol. The number of hydrogen-bond donors (Lipinski definition) is 0. The summed E-state index contributed by atoms with van der Waals surface area (Å²) in [6.07, 6.45) is 3.56. The van der Waals surface area contributed by atoms with Gasteiger partial charge >= 0.3 is 0 Å². The number of nitrogens with zero attached hydrogens (tertiary/aromatic N) is 3. The van der Waals surface area contributed by atoms with E-state index in [1.807, 2.05) is 19.1 Å². The lowest BCUT2D eigenvalue weighted by Gasteiger charge is -2.31. The van der Waals surface area contributed by atoms with Crippen LogP contribution in [0.25, 0.3) is 5.88 Å². The van der Waals surface area contributed by atoms with E-state index in [4.69, 9.17) is 9.15 Å². The largest absolute Gasteiger partial charge is 0.443 e. The first-order chi connectivity index (χ1) is 10.6. The van der Waals surface area contributed by atoms with E-state index in [9.17, 15) is 10.1 Å². The van der Waals surface area contributed by atoms with E-state index >= 15 is 0 Å². The van der Waals surface area contributed by atoms with E-state index in [0.717, 1.165) is 0 Å². The molecule has 0 bridgehead atoms. The van der Waals surface area contributed by atoms with Crippen molar-refractivity contribution in [2.45, 2.75) is 20.0 Å². The molecule has 3 rings (SSSR count). The van der Waals surface area contributed by atoms with Gasteiger partial charge in [0.1, 0.15) is 23.0 Å². The number of carbonyl (C=O) groups excluding carboxylic acids is 1. The first-order valence-electron chi connectivity index (χ1n) is 7.19. The van der Waals surface area contributed by atoms with Crippen LogP contribution in [0.15, 0.2) is 28.9 Å². The summed E-state index contributed by atoms with van der Waals surface area (Å²) in [4.78, 5) is 14.5. The number of hydrogen-bond acceptors (Lipinski definition) is 4. The lowest BCUT2D eigenvalue weighted by Crippen LogP contribution is -2.44. The molecule has 2 aromatic rings. The summed E-state index contributed by atoms with van der Waals surface area (Å²) in [5.41, 5.74) is 0.623. The molecule has 1 aliphatic rings. The van der Waals surface area contributed by atoms with Gasteiger partial charge in [-0.05, 0) is 26.0 Å². The second-order valence-electron chi connectivity index (χ2n) is 5.35. The highest BCUT2D eigenvalue weighted by Crippen LogP contribution is 2.27. The predicted octanol–water partition coefficient (Wildman–Crippen LogP) is 2.11. The second-order valence-corrected chi connectivity index (χ2v) is 5.35. The van der Waals surface area contributed by atoms with Crippen LogP contribution in [0.1, 0.15) is 28.6 Å². The van der Waals surface area contributed by atoms with Crippen LogP contribution in [-0.4, -0.2) is 41.2 Å². The Kier molecular flexibility index (Phi) is 3.73. The van der Waals surface area contributed by atoms with Crippen molar-refractivity contribution in [1.29, 1.82) is 5.26 Å².